The SMILES string of the molecule is NCCC(O)C(O)c1cc(F)c(N)cc1F. The molecule has 0 aliphatic rings. The lowest BCUT2D eigenvalue weighted by atomic mass is 10.0. The van der Waals surface area contributed by atoms with Gasteiger partial charge in [0.15, 0.2) is 0 Å². The predicted molar refractivity (Wildman–Crippen MR) is 55.4 cm³/mol. The van der Waals surface area contributed by atoms with Crippen LogP contribution in [0, 0.1) is 11.6 Å². The maximum atomic E-state index is 13.3. The van der Waals surface area contributed by atoms with Crippen LogP contribution in [0.5, 0.6) is 0 Å². The summed E-state index contributed by atoms with van der Waals surface area (Å²) in [5.74, 6) is -1.70. The minimum absolute atomic E-state index is 0.0899. The Morgan fingerprint density at radius 1 is 1.19 bits per heavy atom. The summed E-state index contributed by atoms with van der Waals surface area (Å²) in [6.07, 6.45) is -2.66. The number of anilines is 1. The van der Waals surface area contributed by atoms with Crippen molar-refractivity contribution in [1.29, 1.82) is 0 Å². The molecule has 0 radical (unpaired) electrons. The van der Waals surface area contributed by atoms with Crippen molar-refractivity contribution in [1.82, 2.24) is 0 Å². The molecule has 0 amide bonds. The molecule has 90 valence electrons. The van der Waals surface area contributed by atoms with E-state index < -0.39 is 23.8 Å². The second-order valence-electron chi connectivity index (χ2n) is 3.48. The third-order valence-corrected chi connectivity index (χ3v) is 2.26. The summed E-state index contributed by atoms with van der Waals surface area (Å²) in [5, 5.41) is 19.0. The summed E-state index contributed by atoms with van der Waals surface area (Å²) in [7, 11) is 0. The van der Waals surface area contributed by atoms with Gasteiger partial charge in [-0.15, -0.1) is 0 Å². The fourth-order valence-corrected chi connectivity index (χ4v) is 1.34. The standard InChI is InChI=1S/C10H14F2N2O2/c11-6-4-8(14)7(12)3-5(6)10(16)9(15)1-2-13/h3-4,9-10,15-16H,1-2,13-14H2. The zero-order valence-corrected chi connectivity index (χ0v) is 8.53. The number of benzene rings is 1. The lowest BCUT2D eigenvalue weighted by molar-refractivity contribution is 0.0128. The molecule has 1 aromatic carbocycles. The van der Waals surface area contributed by atoms with Crippen LogP contribution in [0.4, 0.5) is 14.5 Å². The molecule has 1 aromatic rings. The lowest BCUT2D eigenvalue weighted by Gasteiger charge is -2.18. The van der Waals surface area contributed by atoms with Crippen molar-refractivity contribution >= 4 is 5.69 Å². The first-order valence-corrected chi connectivity index (χ1v) is 4.78. The van der Waals surface area contributed by atoms with Crippen molar-refractivity contribution in [2.75, 3.05) is 12.3 Å². The van der Waals surface area contributed by atoms with E-state index >= 15 is 0 Å². The third kappa shape index (κ3) is 2.66. The number of hydrogen-bond donors (Lipinski definition) is 4. The van der Waals surface area contributed by atoms with E-state index in [9.17, 15) is 19.0 Å². The molecule has 0 spiro atoms. The highest BCUT2D eigenvalue weighted by atomic mass is 19.1. The maximum Gasteiger partial charge on any atom is 0.146 e. The van der Waals surface area contributed by atoms with E-state index in [-0.39, 0.29) is 24.2 Å². The molecule has 0 bridgehead atoms. The van der Waals surface area contributed by atoms with Crippen LogP contribution >= 0.6 is 0 Å². The molecule has 1 rings (SSSR count). The van der Waals surface area contributed by atoms with E-state index in [2.05, 4.69) is 0 Å². The van der Waals surface area contributed by atoms with Crippen molar-refractivity contribution < 1.29 is 19.0 Å². The van der Waals surface area contributed by atoms with Gasteiger partial charge in [-0.05, 0) is 19.0 Å². The summed E-state index contributed by atoms with van der Waals surface area (Å²) in [5.41, 5.74) is 9.65. The Balaban J connectivity index is 2.99. The van der Waals surface area contributed by atoms with Gasteiger partial charge < -0.3 is 21.7 Å². The summed E-state index contributed by atoms with van der Waals surface area (Å²) < 4.78 is 26.4. The van der Waals surface area contributed by atoms with Crippen molar-refractivity contribution in [2.45, 2.75) is 18.6 Å². The van der Waals surface area contributed by atoms with Crippen LogP contribution in [0.3, 0.4) is 0 Å². The molecule has 2 unspecified atom stereocenters. The Bertz CT molecular complexity index is 374. The van der Waals surface area contributed by atoms with E-state index in [0.717, 1.165) is 12.1 Å². The number of aliphatic hydroxyl groups is 2. The van der Waals surface area contributed by atoms with Gasteiger partial charge in [0.2, 0.25) is 0 Å². The molecule has 2 atom stereocenters. The summed E-state index contributed by atoms with van der Waals surface area (Å²) in [6.45, 7) is 0.136. The van der Waals surface area contributed by atoms with E-state index in [1.54, 1.807) is 0 Å². The number of hydrogen-bond acceptors (Lipinski definition) is 4. The second kappa shape index (κ2) is 5.20. The molecule has 0 aromatic heterocycles. The van der Waals surface area contributed by atoms with Gasteiger partial charge in [0, 0.05) is 11.6 Å². The number of halogens is 2. The third-order valence-electron chi connectivity index (χ3n) is 2.26. The Morgan fingerprint density at radius 3 is 2.38 bits per heavy atom. The van der Waals surface area contributed by atoms with E-state index in [4.69, 9.17) is 11.5 Å². The molecule has 6 heteroatoms. The molecule has 0 aliphatic carbocycles. The zero-order valence-electron chi connectivity index (χ0n) is 8.53. The Kier molecular flexibility index (Phi) is 4.17. The van der Waals surface area contributed by atoms with Gasteiger partial charge in [0.1, 0.15) is 17.7 Å². The maximum absolute atomic E-state index is 13.3. The van der Waals surface area contributed by atoms with Crippen LogP contribution < -0.4 is 11.5 Å². The highest BCUT2D eigenvalue weighted by Gasteiger charge is 2.22. The fraction of sp³-hybridized carbons (Fsp3) is 0.400. The summed E-state index contributed by atoms with van der Waals surface area (Å²) in [4.78, 5) is 0. The number of nitrogen functional groups attached to an aromatic ring is 1. The first-order valence-electron chi connectivity index (χ1n) is 4.78. The van der Waals surface area contributed by atoms with Gasteiger partial charge in [0.25, 0.3) is 0 Å². The van der Waals surface area contributed by atoms with Gasteiger partial charge in [0.05, 0.1) is 11.8 Å². The van der Waals surface area contributed by atoms with Crippen LogP contribution in [-0.2, 0) is 0 Å². The first-order chi connectivity index (χ1) is 7.47. The first kappa shape index (κ1) is 12.8. The molecule has 0 saturated heterocycles. The fourth-order valence-electron chi connectivity index (χ4n) is 1.34. The number of aliphatic hydroxyl groups excluding tert-OH is 2. The van der Waals surface area contributed by atoms with Crippen molar-refractivity contribution in [2.24, 2.45) is 5.73 Å². The monoisotopic (exact) mass is 232 g/mol. The molecule has 0 aliphatic heterocycles. The number of nitrogens with two attached hydrogens (primary N) is 2. The summed E-state index contributed by atoms with van der Waals surface area (Å²) in [6, 6.07) is 1.54. The van der Waals surface area contributed by atoms with Crippen LogP contribution in [0.1, 0.15) is 18.1 Å². The highest BCUT2D eigenvalue weighted by molar-refractivity contribution is 5.43. The topological polar surface area (TPSA) is 92.5 Å². The molecule has 16 heavy (non-hydrogen) atoms. The summed E-state index contributed by atoms with van der Waals surface area (Å²) >= 11 is 0. The predicted octanol–water partition coefficient (Wildman–Crippen LogP) is 0.290. The number of rotatable bonds is 4. The van der Waals surface area contributed by atoms with Crippen molar-refractivity contribution in [3.05, 3.63) is 29.3 Å². The van der Waals surface area contributed by atoms with Crippen LogP contribution in [-0.4, -0.2) is 22.9 Å². The van der Waals surface area contributed by atoms with Gasteiger partial charge in [-0.25, -0.2) is 8.78 Å². The Hall–Kier alpha value is -1.24. The second-order valence-corrected chi connectivity index (χ2v) is 3.48. The average molecular weight is 232 g/mol. The molecular formula is C10H14F2N2O2. The van der Waals surface area contributed by atoms with E-state index in [1.165, 1.54) is 0 Å². The van der Waals surface area contributed by atoms with Crippen LogP contribution in [0.15, 0.2) is 12.1 Å². The van der Waals surface area contributed by atoms with Gasteiger partial charge in [-0.3, -0.25) is 0 Å². The Labute approximate surface area is 91.5 Å². The van der Waals surface area contributed by atoms with Crippen molar-refractivity contribution in [3.8, 4) is 0 Å². The van der Waals surface area contributed by atoms with E-state index in [1.807, 2.05) is 0 Å². The smallest absolute Gasteiger partial charge is 0.146 e. The van der Waals surface area contributed by atoms with Crippen LogP contribution in [0.25, 0.3) is 0 Å². The van der Waals surface area contributed by atoms with E-state index in [0.29, 0.717) is 0 Å². The van der Waals surface area contributed by atoms with Crippen LogP contribution in [0.2, 0.25) is 0 Å². The Morgan fingerprint density at radius 2 is 1.81 bits per heavy atom. The molecule has 0 saturated carbocycles. The van der Waals surface area contributed by atoms with Crippen molar-refractivity contribution in [3.63, 3.8) is 0 Å². The average Bonchev–Trinajstić information content (AvgIpc) is 2.23. The molecule has 0 fully saturated rings. The van der Waals surface area contributed by atoms with Gasteiger partial charge >= 0.3 is 0 Å². The lowest BCUT2D eigenvalue weighted by Crippen LogP contribution is -2.22. The molecule has 4 nitrogen and oxygen atoms in total. The molecular weight excluding hydrogens is 218 g/mol. The molecule has 0 heterocycles. The highest BCUT2D eigenvalue weighted by Crippen LogP contribution is 2.25. The zero-order chi connectivity index (χ0) is 12.3. The normalized spacial score (nSPS) is 14.8. The van der Waals surface area contributed by atoms with Gasteiger partial charge in [-0.1, -0.05) is 0 Å². The minimum atomic E-state index is -1.52. The largest absolute Gasteiger partial charge is 0.396 e. The van der Waals surface area contributed by atoms with Gasteiger partial charge in [-0.2, -0.15) is 0 Å². The quantitative estimate of drug-likeness (QED) is 0.561. The minimum Gasteiger partial charge on any atom is -0.396 e. The molecule has 6 N–H and O–H groups in total.